The number of nitrogens with one attached hydrogen (secondary N) is 1. The first-order chi connectivity index (χ1) is 11.4. The smallest absolute Gasteiger partial charge is 0.294 e. The number of nitrogens with zero attached hydrogens (tertiary/aromatic N) is 1. The fraction of sp³-hybridized carbons (Fsp3) is 0.316. The Morgan fingerprint density at radius 1 is 1.21 bits per heavy atom. The minimum atomic E-state index is -0.313. The fourth-order valence-electron chi connectivity index (χ4n) is 2.22. The van der Waals surface area contributed by atoms with Crippen molar-refractivity contribution in [3.63, 3.8) is 0 Å². The van der Waals surface area contributed by atoms with E-state index in [-0.39, 0.29) is 17.9 Å². The molecule has 2 aromatic rings. The van der Waals surface area contributed by atoms with E-state index in [4.69, 9.17) is 9.47 Å². The highest BCUT2D eigenvalue weighted by Gasteiger charge is 2.16. The van der Waals surface area contributed by atoms with Crippen LogP contribution in [0.2, 0.25) is 0 Å². The summed E-state index contributed by atoms with van der Waals surface area (Å²) in [4.78, 5) is 17.3. The van der Waals surface area contributed by atoms with E-state index in [0.29, 0.717) is 17.9 Å². The second kappa shape index (κ2) is 7.73. The molecule has 128 valence electrons. The molecule has 0 aliphatic carbocycles. The Labute approximate surface area is 142 Å². The third-order valence-electron chi connectivity index (χ3n) is 3.49. The summed E-state index contributed by atoms with van der Waals surface area (Å²) in [7, 11) is 3.90. The molecular weight excluding hydrogens is 304 g/mol. The van der Waals surface area contributed by atoms with Crippen molar-refractivity contribution >= 4 is 16.6 Å². The van der Waals surface area contributed by atoms with Crippen molar-refractivity contribution in [2.75, 3.05) is 32.2 Å². The van der Waals surface area contributed by atoms with Gasteiger partial charge in [0.15, 0.2) is 5.75 Å². The first-order valence-electron chi connectivity index (χ1n) is 7.81. The number of benzene rings is 1. The van der Waals surface area contributed by atoms with Crippen LogP contribution in [0, 0.1) is 0 Å². The number of aromatic amines is 1. The lowest BCUT2D eigenvalue weighted by Gasteiger charge is -2.16. The van der Waals surface area contributed by atoms with Gasteiger partial charge in [0.2, 0.25) is 5.75 Å². The third kappa shape index (κ3) is 3.98. The third-order valence-corrected chi connectivity index (χ3v) is 3.49. The molecule has 5 nitrogen and oxygen atoms in total. The van der Waals surface area contributed by atoms with E-state index in [1.165, 1.54) is 0 Å². The molecule has 2 rings (SSSR count). The number of H-pyrrole nitrogens is 1. The van der Waals surface area contributed by atoms with Gasteiger partial charge in [0.1, 0.15) is 13.2 Å². The second-order valence-electron chi connectivity index (χ2n) is 5.93. The Morgan fingerprint density at radius 3 is 2.54 bits per heavy atom. The van der Waals surface area contributed by atoms with E-state index < -0.39 is 0 Å². The van der Waals surface area contributed by atoms with Crippen molar-refractivity contribution in [3.8, 4) is 11.5 Å². The topological polar surface area (TPSA) is 54.6 Å². The predicted molar refractivity (Wildman–Crippen MR) is 99.5 cm³/mol. The number of allylic oxidation sites excluding steroid dienone is 1. The van der Waals surface area contributed by atoms with Gasteiger partial charge in [-0.25, -0.2) is 0 Å². The first kappa shape index (κ1) is 17.7. The number of hydrogen-bond donors (Lipinski definition) is 1. The van der Waals surface area contributed by atoms with Crippen molar-refractivity contribution < 1.29 is 9.47 Å². The molecule has 0 aliphatic rings. The molecule has 0 radical (unpaired) electrons. The molecule has 0 aliphatic heterocycles. The van der Waals surface area contributed by atoms with E-state index in [0.717, 1.165) is 16.6 Å². The van der Waals surface area contributed by atoms with Crippen molar-refractivity contribution in [2.45, 2.75) is 13.8 Å². The first-order valence-corrected chi connectivity index (χ1v) is 7.81. The highest BCUT2D eigenvalue weighted by molar-refractivity contribution is 5.89. The SMILES string of the molecule is C=CCOc1c(OCC=C(C)C)c2ccc(N(C)C)cc2[nH]c1=O. The van der Waals surface area contributed by atoms with E-state index in [9.17, 15) is 4.79 Å². The number of rotatable bonds is 7. The van der Waals surface area contributed by atoms with Gasteiger partial charge >= 0.3 is 0 Å². The van der Waals surface area contributed by atoms with Crippen molar-refractivity contribution in [1.82, 2.24) is 4.98 Å². The van der Waals surface area contributed by atoms with Gasteiger partial charge in [0.25, 0.3) is 5.56 Å². The Balaban J connectivity index is 2.58. The Bertz CT molecular complexity index is 815. The second-order valence-corrected chi connectivity index (χ2v) is 5.93. The molecule has 0 saturated heterocycles. The van der Waals surface area contributed by atoms with Crippen molar-refractivity contribution in [3.05, 3.63) is 52.9 Å². The average molecular weight is 328 g/mol. The zero-order chi connectivity index (χ0) is 17.7. The van der Waals surface area contributed by atoms with E-state index in [1.54, 1.807) is 6.08 Å². The largest absolute Gasteiger partial charge is 0.485 e. The number of anilines is 1. The van der Waals surface area contributed by atoms with Crippen LogP contribution in [-0.4, -0.2) is 32.3 Å². The summed E-state index contributed by atoms with van der Waals surface area (Å²) < 4.78 is 11.4. The predicted octanol–water partition coefficient (Wildman–Crippen LogP) is 3.50. The minimum Gasteiger partial charge on any atom is -0.485 e. The van der Waals surface area contributed by atoms with Gasteiger partial charge in [-0.15, -0.1) is 0 Å². The quantitative estimate of drug-likeness (QED) is 0.790. The fourth-order valence-corrected chi connectivity index (χ4v) is 2.22. The summed E-state index contributed by atoms with van der Waals surface area (Å²) in [6, 6.07) is 5.83. The highest BCUT2D eigenvalue weighted by Crippen LogP contribution is 2.33. The highest BCUT2D eigenvalue weighted by atomic mass is 16.5. The average Bonchev–Trinajstić information content (AvgIpc) is 2.52. The summed E-state index contributed by atoms with van der Waals surface area (Å²) >= 11 is 0. The van der Waals surface area contributed by atoms with Crippen LogP contribution < -0.4 is 19.9 Å². The van der Waals surface area contributed by atoms with Crippen LogP contribution in [0.4, 0.5) is 5.69 Å². The van der Waals surface area contributed by atoms with Gasteiger partial charge in [-0.2, -0.15) is 0 Å². The zero-order valence-corrected chi connectivity index (χ0v) is 14.7. The molecule has 0 atom stereocenters. The van der Waals surface area contributed by atoms with Gasteiger partial charge < -0.3 is 19.4 Å². The Morgan fingerprint density at radius 2 is 1.92 bits per heavy atom. The van der Waals surface area contributed by atoms with Gasteiger partial charge in [0.05, 0.1) is 5.52 Å². The summed E-state index contributed by atoms with van der Waals surface area (Å²) in [5.41, 5.74) is 2.54. The van der Waals surface area contributed by atoms with Crippen LogP contribution in [0.25, 0.3) is 10.9 Å². The standard InChI is InChI=1S/C19H24N2O3/c1-6-10-23-18-17(24-11-9-13(2)3)15-8-7-14(21(4)5)12-16(15)20-19(18)22/h6-9,12H,1,10-11H2,2-5H3,(H,20,22). The summed E-state index contributed by atoms with van der Waals surface area (Å²) in [5.74, 6) is 0.639. The van der Waals surface area contributed by atoms with Crippen LogP contribution in [0.1, 0.15) is 13.8 Å². The lowest BCUT2D eigenvalue weighted by Crippen LogP contribution is -2.15. The van der Waals surface area contributed by atoms with E-state index in [1.807, 2.05) is 57.1 Å². The van der Waals surface area contributed by atoms with Gasteiger partial charge in [-0.05, 0) is 38.1 Å². The molecular formula is C19H24N2O3. The number of aromatic nitrogens is 1. The molecule has 0 fully saturated rings. The molecule has 1 N–H and O–H groups in total. The van der Waals surface area contributed by atoms with Crippen LogP contribution in [0.15, 0.2) is 47.3 Å². The number of hydrogen-bond acceptors (Lipinski definition) is 4. The number of pyridine rings is 1. The van der Waals surface area contributed by atoms with Crippen molar-refractivity contribution in [2.24, 2.45) is 0 Å². The summed E-state index contributed by atoms with van der Waals surface area (Å²) in [6.07, 6.45) is 3.55. The number of fused-ring (bicyclic) bond motifs is 1. The van der Waals surface area contributed by atoms with Gasteiger partial charge in [-0.1, -0.05) is 18.2 Å². The lowest BCUT2D eigenvalue weighted by molar-refractivity contribution is 0.307. The number of ether oxygens (including phenoxy) is 2. The Kier molecular flexibility index (Phi) is 5.68. The lowest BCUT2D eigenvalue weighted by atomic mass is 10.1. The molecule has 0 saturated carbocycles. The van der Waals surface area contributed by atoms with Crippen LogP contribution in [0.5, 0.6) is 11.5 Å². The minimum absolute atomic E-state index is 0.183. The summed E-state index contributed by atoms with van der Waals surface area (Å²) in [5, 5.41) is 0.807. The molecule has 0 bridgehead atoms. The van der Waals surface area contributed by atoms with Crippen LogP contribution >= 0.6 is 0 Å². The maximum atomic E-state index is 12.4. The Hall–Kier alpha value is -2.69. The molecule has 0 unspecified atom stereocenters. The van der Waals surface area contributed by atoms with E-state index >= 15 is 0 Å². The molecule has 0 spiro atoms. The molecule has 5 heteroatoms. The van der Waals surface area contributed by atoms with E-state index in [2.05, 4.69) is 11.6 Å². The molecule has 1 aromatic heterocycles. The van der Waals surface area contributed by atoms with Gasteiger partial charge in [-0.3, -0.25) is 4.79 Å². The maximum absolute atomic E-state index is 12.4. The van der Waals surface area contributed by atoms with Crippen LogP contribution in [-0.2, 0) is 0 Å². The van der Waals surface area contributed by atoms with Crippen molar-refractivity contribution in [1.29, 1.82) is 0 Å². The maximum Gasteiger partial charge on any atom is 0.294 e. The normalized spacial score (nSPS) is 10.3. The van der Waals surface area contributed by atoms with Gasteiger partial charge in [0, 0.05) is 25.2 Å². The summed E-state index contributed by atoms with van der Waals surface area (Å²) in [6.45, 7) is 8.23. The molecule has 0 amide bonds. The van der Waals surface area contributed by atoms with Crippen LogP contribution in [0.3, 0.4) is 0 Å². The molecule has 1 aromatic carbocycles. The molecule has 24 heavy (non-hydrogen) atoms. The zero-order valence-electron chi connectivity index (χ0n) is 14.7. The molecule has 1 heterocycles. The monoisotopic (exact) mass is 328 g/mol.